The Bertz CT molecular complexity index is 507. The molecule has 2 heterocycles. The first-order valence-corrected chi connectivity index (χ1v) is 7.46. The number of aromatic nitrogens is 1. The van der Waals surface area contributed by atoms with E-state index in [-0.39, 0.29) is 0 Å². The molecule has 1 fully saturated rings. The van der Waals surface area contributed by atoms with E-state index in [0.29, 0.717) is 11.9 Å². The van der Waals surface area contributed by atoms with Gasteiger partial charge >= 0.3 is 0 Å². The van der Waals surface area contributed by atoms with Crippen LogP contribution in [0.15, 0.2) is 23.7 Å². The zero-order valence-corrected chi connectivity index (χ0v) is 11.2. The van der Waals surface area contributed by atoms with Crippen LogP contribution >= 0.6 is 22.9 Å². The Morgan fingerprint density at radius 2 is 2.29 bits per heavy atom. The van der Waals surface area contributed by atoms with Crippen molar-refractivity contribution in [2.45, 2.75) is 25.3 Å². The van der Waals surface area contributed by atoms with E-state index in [1.54, 1.807) is 11.3 Å². The van der Waals surface area contributed by atoms with Gasteiger partial charge < -0.3 is 4.90 Å². The van der Waals surface area contributed by atoms with Crippen molar-refractivity contribution in [3.63, 3.8) is 0 Å². The van der Waals surface area contributed by atoms with Gasteiger partial charge in [-0.05, 0) is 36.8 Å². The lowest BCUT2D eigenvalue weighted by Gasteiger charge is -2.38. The molecule has 0 amide bonds. The van der Waals surface area contributed by atoms with Gasteiger partial charge in [0.05, 0.1) is 0 Å². The predicted molar refractivity (Wildman–Crippen MR) is 75.3 cm³/mol. The molecule has 1 aliphatic carbocycles. The summed E-state index contributed by atoms with van der Waals surface area (Å²) >= 11 is 7.70. The summed E-state index contributed by atoms with van der Waals surface area (Å²) in [6.07, 6.45) is 5.80. The van der Waals surface area contributed by atoms with Crippen LogP contribution < -0.4 is 4.90 Å². The van der Waals surface area contributed by atoms with Crippen LogP contribution in [0.3, 0.4) is 0 Å². The maximum Gasteiger partial charge on any atom is 0.137 e. The average molecular weight is 267 g/mol. The summed E-state index contributed by atoms with van der Waals surface area (Å²) in [4.78, 5) is 6.97. The average Bonchev–Trinajstić information content (AvgIpc) is 2.73. The van der Waals surface area contributed by atoms with Crippen molar-refractivity contribution in [3.8, 4) is 0 Å². The quantitative estimate of drug-likeness (QED) is 0.781. The number of pyridine rings is 1. The van der Waals surface area contributed by atoms with Crippen LogP contribution in [-0.4, -0.2) is 23.5 Å². The monoisotopic (exact) mass is 266 g/mol. The Morgan fingerprint density at radius 3 is 3.00 bits per heavy atom. The van der Waals surface area contributed by atoms with E-state index >= 15 is 0 Å². The van der Waals surface area contributed by atoms with E-state index in [1.807, 2.05) is 6.20 Å². The van der Waals surface area contributed by atoms with E-state index in [9.17, 15) is 0 Å². The topological polar surface area (TPSA) is 16.1 Å². The number of thiophene rings is 1. The van der Waals surface area contributed by atoms with E-state index in [1.165, 1.54) is 29.3 Å². The molecule has 0 aliphatic heterocycles. The number of anilines is 1. The Labute approximate surface area is 110 Å². The Hall–Kier alpha value is -0.800. The van der Waals surface area contributed by atoms with E-state index in [4.69, 9.17) is 11.6 Å². The molecule has 1 saturated carbocycles. The standard InChI is InChI=1S/C13H15ClN2S/c14-6-8-16(10-2-1-3-10)13-11-5-9-17-12(11)4-7-15-13/h4-5,7,9-10H,1-3,6,8H2. The largest absolute Gasteiger partial charge is 0.352 e. The Kier molecular flexibility index (Phi) is 3.21. The molecule has 90 valence electrons. The third-order valence-electron chi connectivity index (χ3n) is 3.47. The summed E-state index contributed by atoms with van der Waals surface area (Å²) in [5.74, 6) is 1.78. The molecule has 0 saturated heterocycles. The fourth-order valence-electron chi connectivity index (χ4n) is 2.36. The predicted octanol–water partition coefficient (Wildman–Crippen LogP) is 3.89. The Morgan fingerprint density at radius 1 is 1.41 bits per heavy atom. The smallest absolute Gasteiger partial charge is 0.137 e. The van der Waals surface area contributed by atoms with Gasteiger partial charge in [-0.25, -0.2) is 4.98 Å². The van der Waals surface area contributed by atoms with Crippen molar-refractivity contribution in [3.05, 3.63) is 23.7 Å². The van der Waals surface area contributed by atoms with Crippen LogP contribution in [0.4, 0.5) is 5.82 Å². The van der Waals surface area contributed by atoms with Crippen molar-refractivity contribution in [1.29, 1.82) is 0 Å². The summed E-state index contributed by atoms with van der Waals surface area (Å²) in [6, 6.07) is 4.90. The van der Waals surface area contributed by atoms with Gasteiger partial charge in [0.25, 0.3) is 0 Å². The van der Waals surface area contributed by atoms with Crippen LogP contribution in [0.25, 0.3) is 10.1 Å². The molecule has 1 aliphatic rings. The normalized spacial score (nSPS) is 16.1. The first-order valence-electron chi connectivity index (χ1n) is 6.05. The highest BCUT2D eigenvalue weighted by atomic mass is 35.5. The van der Waals surface area contributed by atoms with Crippen LogP contribution in [0, 0.1) is 0 Å². The fourth-order valence-corrected chi connectivity index (χ4v) is 3.32. The van der Waals surface area contributed by atoms with E-state index in [2.05, 4.69) is 27.4 Å². The highest BCUT2D eigenvalue weighted by Crippen LogP contribution is 2.34. The van der Waals surface area contributed by atoms with Crippen LogP contribution in [0.5, 0.6) is 0 Å². The maximum absolute atomic E-state index is 5.93. The van der Waals surface area contributed by atoms with Gasteiger partial charge in [-0.3, -0.25) is 0 Å². The molecule has 2 aromatic rings. The fraction of sp³-hybridized carbons (Fsp3) is 0.462. The molecule has 0 unspecified atom stereocenters. The van der Waals surface area contributed by atoms with Gasteiger partial charge in [-0.1, -0.05) is 0 Å². The maximum atomic E-state index is 5.93. The zero-order valence-electron chi connectivity index (χ0n) is 9.60. The van der Waals surface area contributed by atoms with Crippen molar-refractivity contribution in [1.82, 2.24) is 4.98 Å². The minimum atomic E-state index is 0.645. The molecule has 0 atom stereocenters. The lowest BCUT2D eigenvalue weighted by molar-refractivity contribution is 0.389. The molecular formula is C13H15ClN2S. The molecule has 2 aromatic heterocycles. The summed E-state index contributed by atoms with van der Waals surface area (Å²) in [6.45, 7) is 0.897. The minimum absolute atomic E-state index is 0.645. The van der Waals surface area contributed by atoms with E-state index < -0.39 is 0 Å². The highest BCUT2D eigenvalue weighted by molar-refractivity contribution is 7.17. The summed E-state index contributed by atoms with van der Waals surface area (Å²) < 4.78 is 1.31. The third-order valence-corrected chi connectivity index (χ3v) is 4.52. The van der Waals surface area contributed by atoms with Gasteiger partial charge in [0.1, 0.15) is 5.82 Å². The first kappa shape index (κ1) is 11.3. The molecule has 2 nitrogen and oxygen atoms in total. The third kappa shape index (κ3) is 2.02. The second kappa shape index (κ2) is 4.83. The molecular weight excluding hydrogens is 252 g/mol. The van der Waals surface area contributed by atoms with Crippen LogP contribution in [0.2, 0.25) is 0 Å². The number of hydrogen-bond donors (Lipinski definition) is 0. The molecule has 4 heteroatoms. The minimum Gasteiger partial charge on any atom is -0.352 e. The molecule has 0 aromatic carbocycles. The number of rotatable bonds is 4. The SMILES string of the molecule is ClCCN(c1nccc2sccc12)C1CCC1. The first-order chi connectivity index (χ1) is 8.40. The van der Waals surface area contributed by atoms with E-state index in [0.717, 1.165) is 12.4 Å². The number of nitrogens with zero attached hydrogens (tertiary/aromatic N) is 2. The molecule has 17 heavy (non-hydrogen) atoms. The molecule has 3 rings (SSSR count). The van der Waals surface area contributed by atoms with Gasteiger partial charge in [-0.2, -0.15) is 0 Å². The van der Waals surface area contributed by atoms with Crippen molar-refractivity contribution >= 4 is 38.8 Å². The number of halogens is 1. The van der Waals surface area contributed by atoms with Crippen LogP contribution in [0.1, 0.15) is 19.3 Å². The van der Waals surface area contributed by atoms with Gasteiger partial charge in [0.15, 0.2) is 0 Å². The summed E-state index contributed by atoms with van der Waals surface area (Å²) in [5, 5.41) is 3.41. The number of alkyl halides is 1. The van der Waals surface area contributed by atoms with Crippen molar-refractivity contribution < 1.29 is 0 Å². The highest BCUT2D eigenvalue weighted by Gasteiger charge is 2.26. The van der Waals surface area contributed by atoms with Crippen molar-refractivity contribution in [2.75, 3.05) is 17.3 Å². The summed E-state index contributed by atoms with van der Waals surface area (Å²) in [5.41, 5.74) is 0. The Balaban J connectivity index is 2.01. The van der Waals surface area contributed by atoms with Gasteiger partial charge in [0.2, 0.25) is 0 Å². The van der Waals surface area contributed by atoms with Crippen molar-refractivity contribution in [2.24, 2.45) is 0 Å². The van der Waals surface area contributed by atoms with Gasteiger partial charge in [0, 0.05) is 34.7 Å². The number of fused-ring (bicyclic) bond motifs is 1. The van der Waals surface area contributed by atoms with Gasteiger partial charge in [-0.15, -0.1) is 22.9 Å². The zero-order chi connectivity index (χ0) is 11.7. The number of hydrogen-bond acceptors (Lipinski definition) is 3. The molecule has 0 radical (unpaired) electrons. The van der Waals surface area contributed by atoms with Crippen LogP contribution in [-0.2, 0) is 0 Å². The summed E-state index contributed by atoms with van der Waals surface area (Å²) in [7, 11) is 0. The second-order valence-corrected chi connectivity index (χ2v) is 5.76. The lowest BCUT2D eigenvalue weighted by Crippen LogP contribution is -2.42. The second-order valence-electron chi connectivity index (χ2n) is 4.43. The molecule has 0 bridgehead atoms. The molecule has 0 spiro atoms. The molecule has 0 N–H and O–H groups in total. The lowest BCUT2D eigenvalue weighted by atomic mass is 9.91.